The molecule has 0 bridgehead atoms. The Kier molecular flexibility index (Phi) is 2.32. The van der Waals surface area contributed by atoms with Crippen LogP contribution in [0.1, 0.15) is 0 Å². The molecule has 0 spiro atoms. The molecule has 0 aliphatic rings. The fraction of sp³-hybridized carbons (Fsp3) is 0.250. The summed E-state index contributed by atoms with van der Waals surface area (Å²) in [5.74, 6) is 1.05. The van der Waals surface area contributed by atoms with Crippen molar-refractivity contribution in [3.05, 3.63) is 42.6 Å². The molecule has 0 radical (unpaired) electrons. The van der Waals surface area contributed by atoms with Gasteiger partial charge in [-0.1, -0.05) is 18.2 Å². The van der Waals surface area contributed by atoms with Crippen LogP contribution in [0.3, 0.4) is 0 Å². The normalized spacial score (nSPS) is 11.7. The van der Waals surface area contributed by atoms with E-state index in [0.717, 1.165) is 16.0 Å². The first-order chi connectivity index (χ1) is 7.07. The molecular formula is C12H16N3+. The number of benzene rings is 1. The minimum atomic E-state index is 0.736. The Bertz CT molecular complexity index is 437. The van der Waals surface area contributed by atoms with Crippen LogP contribution in [0.25, 0.3) is 5.69 Å². The second-order valence-electron chi connectivity index (χ2n) is 4.47. The monoisotopic (exact) mass is 202 g/mol. The van der Waals surface area contributed by atoms with Gasteiger partial charge in [-0.3, -0.25) is 4.48 Å². The van der Waals surface area contributed by atoms with Gasteiger partial charge in [-0.2, -0.15) is 0 Å². The Morgan fingerprint density at radius 3 is 2.20 bits per heavy atom. The molecular weight excluding hydrogens is 186 g/mol. The fourth-order valence-corrected chi connectivity index (χ4v) is 1.40. The summed E-state index contributed by atoms with van der Waals surface area (Å²) in [6, 6.07) is 12.2. The van der Waals surface area contributed by atoms with E-state index in [-0.39, 0.29) is 0 Å². The quantitative estimate of drug-likeness (QED) is 0.682. The van der Waals surface area contributed by atoms with E-state index in [1.165, 1.54) is 0 Å². The third kappa shape index (κ3) is 2.07. The van der Waals surface area contributed by atoms with Crippen LogP contribution in [-0.4, -0.2) is 30.9 Å². The van der Waals surface area contributed by atoms with E-state index >= 15 is 0 Å². The van der Waals surface area contributed by atoms with Crippen LogP contribution in [0.5, 0.6) is 0 Å². The van der Waals surface area contributed by atoms with E-state index in [1.807, 2.05) is 47.3 Å². The maximum absolute atomic E-state index is 4.54. The minimum Gasteiger partial charge on any atom is -0.281 e. The summed E-state index contributed by atoms with van der Waals surface area (Å²) in [4.78, 5) is 0. The third-order valence-corrected chi connectivity index (χ3v) is 2.28. The van der Waals surface area contributed by atoms with Gasteiger partial charge in [-0.15, -0.1) is 5.10 Å². The molecule has 1 aromatic carbocycles. The summed E-state index contributed by atoms with van der Waals surface area (Å²) in [7, 11) is 6.33. The SMILES string of the molecule is C[N+](C)(C)c1ccn(-c2ccccc2)n1. The van der Waals surface area contributed by atoms with Crippen molar-refractivity contribution in [1.82, 2.24) is 14.3 Å². The molecule has 0 N–H and O–H groups in total. The maximum Gasteiger partial charge on any atom is 0.246 e. The van der Waals surface area contributed by atoms with Crippen LogP contribution in [-0.2, 0) is 0 Å². The van der Waals surface area contributed by atoms with Gasteiger partial charge in [0.05, 0.1) is 26.8 Å². The van der Waals surface area contributed by atoms with Gasteiger partial charge in [0.1, 0.15) is 0 Å². The van der Waals surface area contributed by atoms with Gasteiger partial charge in [0.15, 0.2) is 0 Å². The molecule has 0 fully saturated rings. The van der Waals surface area contributed by atoms with Gasteiger partial charge in [-0.05, 0) is 12.1 Å². The van der Waals surface area contributed by atoms with Gasteiger partial charge >= 0.3 is 0 Å². The zero-order chi connectivity index (χ0) is 10.9. The van der Waals surface area contributed by atoms with Crippen LogP contribution in [0.2, 0.25) is 0 Å². The zero-order valence-corrected chi connectivity index (χ0v) is 9.38. The second kappa shape index (κ2) is 3.51. The Hall–Kier alpha value is -1.61. The average Bonchev–Trinajstić information content (AvgIpc) is 2.67. The van der Waals surface area contributed by atoms with Gasteiger partial charge < -0.3 is 0 Å². The Morgan fingerprint density at radius 1 is 1.00 bits per heavy atom. The highest BCUT2D eigenvalue weighted by atomic mass is 15.4. The van der Waals surface area contributed by atoms with Crippen LogP contribution in [0, 0.1) is 0 Å². The lowest BCUT2D eigenvalue weighted by Gasteiger charge is -2.19. The predicted molar refractivity (Wildman–Crippen MR) is 63.1 cm³/mol. The topological polar surface area (TPSA) is 17.8 Å². The van der Waals surface area contributed by atoms with Crippen molar-refractivity contribution in [2.24, 2.45) is 0 Å². The third-order valence-electron chi connectivity index (χ3n) is 2.28. The molecule has 1 heterocycles. The first kappa shape index (κ1) is 9.93. The molecule has 15 heavy (non-hydrogen) atoms. The van der Waals surface area contributed by atoms with Gasteiger partial charge in [0.2, 0.25) is 5.82 Å². The molecule has 3 nitrogen and oxygen atoms in total. The summed E-state index contributed by atoms with van der Waals surface area (Å²) in [5.41, 5.74) is 1.09. The maximum atomic E-state index is 4.54. The molecule has 0 aliphatic heterocycles. The number of aromatic nitrogens is 2. The lowest BCUT2D eigenvalue weighted by Crippen LogP contribution is -2.35. The van der Waals surface area contributed by atoms with Crippen molar-refractivity contribution in [2.45, 2.75) is 0 Å². The standard InChI is InChI=1S/C12H16N3/c1-15(2,3)12-9-10-14(13-12)11-7-5-4-6-8-11/h4-10H,1-3H3/q+1. The number of hydrogen-bond acceptors (Lipinski definition) is 1. The van der Waals surface area contributed by atoms with E-state index in [4.69, 9.17) is 0 Å². The smallest absolute Gasteiger partial charge is 0.246 e. The minimum absolute atomic E-state index is 0.736. The van der Waals surface area contributed by atoms with Crippen molar-refractivity contribution < 1.29 is 0 Å². The first-order valence-corrected chi connectivity index (χ1v) is 5.00. The number of nitrogens with zero attached hydrogens (tertiary/aromatic N) is 3. The lowest BCUT2D eigenvalue weighted by molar-refractivity contribution is 0.469. The predicted octanol–water partition coefficient (Wildman–Crippen LogP) is 2.07. The van der Waals surface area contributed by atoms with Crippen molar-refractivity contribution in [3.63, 3.8) is 0 Å². The molecule has 0 atom stereocenters. The van der Waals surface area contributed by atoms with E-state index in [2.05, 4.69) is 26.2 Å². The average molecular weight is 202 g/mol. The fourth-order valence-electron chi connectivity index (χ4n) is 1.40. The number of hydrogen-bond donors (Lipinski definition) is 0. The van der Waals surface area contributed by atoms with Crippen LogP contribution >= 0.6 is 0 Å². The molecule has 0 saturated carbocycles. The van der Waals surface area contributed by atoms with Crippen molar-refractivity contribution >= 4 is 5.82 Å². The highest BCUT2D eigenvalue weighted by Gasteiger charge is 2.15. The van der Waals surface area contributed by atoms with Crippen LogP contribution < -0.4 is 4.48 Å². The molecule has 3 heteroatoms. The van der Waals surface area contributed by atoms with Crippen LogP contribution in [0.15, 0.2) is 42.6 Å². The van der Waals surface area contributed by atoms with Crippen molar-refractivity contribution in [1.29, 1.82) is 0 Å². The largest absolute Gasteiger partial charge is 0.281 e. The summed E-state index contributed by atoms with van der Waals surface area (Å²) >= 11 is 0. The Balaban J connectivity index is 2.37. The Morgan fingerprint density at radius 2 is 1.67 bits per heavy atom. The first-order valence-electron chi connectivity index (χ1n) is 5.00. The Labute approximate surface area is 90.2 Å². The molecule has 0 saturated heterocycles. The van der Waals surface area contributed by atoms with E-state index in [0.29, 0.717) is 0 Å². The number of rotatable bonds is 2. The summed E-state index contributed by atoms with van der Waals surface area (Å²) in [5, 5.41) is 4.54. The van der Waals surface area contributed by atoms with Gasteiger partial charge in [-0.25, -0.2) is 4.68 Å². The molecule has 2 rings (SSSR count). The molecule has 0 aliphatic carbocycles. The number of quaternary nitrogens is 1. The van der Waals surface area contributed by atoms with E-state index < -0.39 is 0 Å². The van der Waals surface area contributed by atoms with E-state index in [9.17, 15) is 0 Å². The number of para-hydroxylation sites is 1. The second-order valence-corrected chi connectivity index (χ2v) is 4.47. The van der Waals surface area contributed by atoms with Gasteiger partial charge in [0, 0.05) is 12.3 Å². The summed E-state index contributed by atoms with van der Waals surface area (Å²) in [6.45, 7) is 0. The molecule has 0 unspecified atom stereocenters. The molecule has 78 valence electrons. The molecule has 1 aromatic heterocycles. The van der Waals surface area contributed by atoms with Crippen LogP contribution in [0.4, 0.5) is 5.82 Å². The summed E-state index contributed by atoms with van der Waals surface area (Å²) < 4.78 is 2.64. The van der Waals surface area contributed by atoms with Crippen molar-refractivity contribution in [3.8, 4) is 5.69 Å². The highest BCUT2D eigenvalue weighted by molar-refractivity contribution is 5.36. The highest BCUT2D eigenvalue weighted by Crippen LogP contribution is 2.15. The van der Waals surface area contributed by atoms with Gasteiger partial charge in [0.25, 0.3) is 0 Å². The molecule has 2 aromatic rings. The molecule has 0 amide bonds. The van der Waals surface area contributed by atoms with E-state index in [1.54, 1.807) is 0 Å². The zero-order valence-electron chi connectivity index (χ0n) is 9.38. The summed E-state index contributed by atoms with van der Waals surface area (Å²) in [6.07, 6.45) is 1.99. The lowest BCUT2D eigenvalue weighted by atomic mass is 10.3. The van der Waals surface area contributed by atoms with Crippen molar-refractivity contribution in [2.75, 3.05) is 21.1 Å².